The SMILES string of the molecule is COc1ccccc1N(CC(=O)N(Cc1ccc(Cl)cc1)[C@@H](C)C(=O)NC1CCCC1)S(=O)(=O)c1ccc(C)cc1. The Hall–Kier alpha value is -3.56. The predicted octanol–water partition coefficient (Wildman–Crippen LogP) is 5.33. The third-order valence-corrected chi connectivity index (χ3v) is 9.40. The molecule has 41 heavy (non-hydrogen) atoms. The normalized spacial score (nSPS) is 14.3. The Labute approximate surface area is 247 Å². The van der Waals surface area contributed by atoms with E-state index in [1.54, 1.807) is 67.6 Å². The second kappa shape index (κ2) is 13.4. The molecule has 0 aromatic heterocycles. The van der Waals surface area contributed by atoms with E-state index in [-0.39, 0.29) is 29.1 Å². The Morgan fingerprint density at radius 3 is 2.27 bits per heavy atom. The highest BCUT2D eigenvalue weighted by Gasteiger charge is 2.34. The van der Waals surface area contributed by atoms with Gasteiger partial charge in [-0.05, 0) is 68.7 Å². The van der Waals surface area contributed by atoms with Crippen LogP contribution in [0.3, 0.4) is 0 Å². The van der Waals surface area contributed by atoms with E-state index in [1.807, 2.05) is 6.92 Å². The molecule has 1 atom stereocenters. The molecule has 0 heterocycles. The largest absolute Gasteiger partial charge is 0.495 e. The van der Waals surface area contributed by atoms with Gasteiger partial charge in [-0.3, -0.25) is 13.9 Å². The Bertz CT molecular complexity index is 1460. The number of hydrogen-bond donors (Lipinski definition) is 1. The molecule has 1 aliphatic rings. The van der Waals surface area contributed by atoms with Crippen molar-refractivity contribution in [3.05, 3.63) is 88.9 Å². The van der Waals surface area contributed by atoms with Crippen LogP contribution in [0.1, 0.15) is 43.7 Å². The quantitative estimate of drug-likeness (QED) is 0.322. The summed E-state index contributed by atoms with van der Waals surface area (Å²) >= 11 is 6.07. The molecule has 0 spiro atoms. The minimum absolute atomic E-state index is 0.0399. The molecule has 0 bridgehead atoms. The van der Waals surface area contributed by atoms with Crippen LogP contribution < -0.4 is 14.4 Å². The third kappa shape index (κ3) is 7.40. The van der Waals surface area contributed by atoms with Crippen molar-refractivity contribution in [3.8, 4) is 5.75 Å². The molecule has 8 nitrogen and oxygen atoms in total. The number of sulfonamides is 1. The van der Waals surface area contributed by atoms with Crippen LogP contribution in [0, 0.1) is 6.92 Å². The number of halogens is 1. The number of hydrogen-bond acceptors (Lipinski definition) is 5. The van der Waals surface area contributed by atoms with Crippen LogP contribution in [0.4, 0.5) is 5.69 Å². The summed E-state index contributed by atoms with van der Waals surface area (Å²) in [6.45, 7) is 3.09. The van der Waals surface area contributed by atoms with Gasteiger partial charge >= 0.3 is 0 Å². The van der Waals surface area contributed by atoms with Crippen molar-refractivity contribution in [3.63, 3.8) is 0 Å². The fourth-order valence-corrected chi connectivity index (χ4v) is 6.50. The second-order valence-electron chi connectivity index (χ2n) is 10.3. The van der Waals surface area contributed by atoms with Crippen LogP contribution in [-0.4, -0.2) is 50.9 Å². The van der Waals surface area contributed by atoms with E-state index in [0.29, 0.717) is 10.8 Å². The fraction of sp³-hybridized carbons (Fsp3) is 0.355. The standard InChI is InChI=1S/C31H36ClN3O5S/c1-22-12-18-27(19-13-22)41(38,39)35(28-10-6-7-11-29(28)40-3)21-30(36)34(20-24-14-16-25(32)17-15-24)23(2)31(37)33-26-8-4-5-9-26/h6-7,10-19,23,26H,4-5,8-9,20-21H2,1-3H3,(H,33,37)/t23-/m0/s1. The van der Waals surface area contributed by atoms with Crippen molar-refractivity contribution >= 4 is 39.1 Å². The van der Waals surface area contributed by atoms with Crippen molar-refractivity contribution in [2.24, 2.45) is 0 Å². The molecule has 1 saturated carbocycles. The van der Waals surface area contributed by atoms with Crippen LogP contribution in [0.25, 0.3) is 0 Å². The number of methoxy groups -OCH3 is 1. The Kier molecular flexibility index (Phi) is 9.94. The van der Waals surface area contributed by atoms with E-state index in [0.717, 1.165) is 41.1 Å². The first-order chi connectivity index (χ1) is 19.6. The first kappa shape index (κ1) is 30.4. The number of nitrogens with zero attached hydrogens (tertiary/aromatic N) is 2. The Morgan fingerprint density at radius 1 is 1.00 bits per heavy atom. The maximum Gasteiger partial charge on any atom is 0.264 e. The van der Waals surface area contributed by atoms with Gasteiger partial charge in [0, 0.05) is 17.6 Å². The second-order valence-corrected chi connectivity index (χ2v) is 12.6. The summed E-state index contributed by atoms with van der Waals surface area (Å²) in [4.78, 5) is 28.9. The molecule has 0 saturated heterocycles. The minimum Gasteiger partial charge on any atom is -0.495 e. The summed E-state index contributed by atoms with van der Waals surface area (Å²) in [5, 5.41) is 3.61. The van der Waals surface area contributed by atoms with Crippen LogP contribution in [0.15, 0.2) is 77.7 Å². The molecule has 3 aromatic rings. The van der Waals surface area contributed by atoms with Gasteiger partial charge in [0.15, 0.2) is 0 Å². The first-order valence-electron chi connectivity index (χ1n) is 13.7. The van der Waals surface area contributed by atoms with E-state index in [4.69, 9.17) is 16.3 Å². The number of carbonyl (C=O) groups excluding carboxylic acids is 2. The summed E-state index contributed by atoms with van der Waals surface area (Å²) in [7, 11) is -2.74. The molecule has 0 radical (unpaired) electrons. The van der Waals surface area contributed by atoms with Gasteiger partial charge in [0.05, 0.1) is 17.7 Å². The van der Waals surface area contributed by atoms with Crippen molar-refractivity contribution in [1.82, 2.24) is 10.2 Å². The maximum absolute atomic E-state index is 14.1. The number of carbonyl (C=O) groups is 2. The molecule has 0 unspecified atom stereocenters. The van der Waals surface area contributed by atoms with Gasteiger partial charge in [-0.25, -0.2) is 8.42 Å². The number of anilines is 1. The van der Waals surface area contributed by atoms with E-state index in [1.165, 1.54) is 24.1 Å². The van der Waals surface area contributed by atoms with Crippen LogP contribution >= 0.6 is 11.6 Å². The van der Waals surface area contributed by atoms with Gasteiger partial charge in [0.2, 0.25) is 11.8 Å². The zero-order chi connectivity index (χ0) is 29.6. The molecule has 218 valence electrons. The Balaban J connectivity index is 1.71. The zero-order valence-corrected chi connectivity index (χ0v) is 25.1. The topological polar surface area (TPSA) is 96.0 Å². The third-order valence-electron chi connectivity index (χ3n) is 7.38. The van der Waals surface area contributed by atoms with Gasteiger partial charge in [-0.1, -0.05) is 66.4 Å². The number of para-hydroxylation sites is 2. The average Bonchev–Trinajstić information content (AvgIpc) is 3.48. The fourth-order valence-electron chi connectivity index (χ4n) is 4.95. The van der Waals surface area contributed by atoms with Crippen molar-refractivity contribution in [2.45, 2.75) is 63.1 Å². The molecule has 2 amide bonds. The zero-order valence-electron chi connectivity index (χ0n) is 23.5. The molecular weight excluding hydrogens is 562 g/mol. The molecular formula is C31H36ClN3O5S. The lowest BCUT2D eigenvalue weighted by Crippen LogP contribution is -2.52. The van der Waals surface area contributed by atoms with E-state index in [9.17, 15) is 18.0 Å². The van der Waals surface area contributed by atoms with Gasteiger partial charge < -0.3 is 15.0 Å². The number of aryl methyl sites for hydroxylation is 1. The average molecular weight is 598 g/mol. The minimum atomic E-state index is -4.19. The highest BCUT2D eigenvalue weighted by molar-refractivity contribution is 7.92. The van der Waals surface area contributed by atoms with Gasteiger partial charge in [0.25, 0.3) is 10.0 Å². The molecule has 4 rings (SSSR count). The number of nitrogens with one attached hydrogen (secondary N) is 1. The van der Waals surface area contributed by atoms with E-state index >= 15 is 0 Å². The maximum atomic E-state index is 14.1. The van der Waals surface area contributed by atoms with Crippen LogP contribution in [0.2, 0.25) is 5.02 Å². The lowest BCUT2D eigenvalue weighted by Gasteiger charge is -2.32. The summed E-state index contributed by atoms with van der Waals surface area (Å²) in [5.41, 5.74) is 1.88. The first-order valence-corrected chi connectivity index (χ1v) is 15.5. The lowest BCUT2D eigenvalue weighted by atomic mass is 10.1. The molecule has 0 aliphatic heterocycles. The number of benzene rings is 3. The molecule has 1 N–H and O–H groups in total. The lowest BCUT2D eigenvalue weighted by molar-refractivity contribution is -0.139. The monoisotopic (exact) mass is 597 g/mol. The molecule has 10 heteroatoms. The van der Waals surface area contributed by atoms with Gasteiger partial charge in [-0.2, -0.15) is 0 Å². The summed E-state index contributed by atoms with van der Waals surface area (Å²) in [6.07, 6.45) is 3.91. The van der Waals surface area contributed by atoms with Gasteiger partial charge in [0.1, 0.15) is 18.3 Å². The Morgan fingerprint density at radius 2 is 1.63 bits per heavy atom. The molecule has 1 fully saturated rings. The molecule has 3 aromatic carbocycles. The summed E-state index contributed by atoms with van der Waals surface area (Å²) in [6, 6.07) is 19.3. The summed E-state index contributed by atoms with van der Waals surface area (Å²) in [5.74, 6) is -0.507. The van der Waals surface area contributed by atoms with E-state index < -0.39 is 28.5 Å². The number of ether oxygens (including phenoxy) is 1. The van der Waals surface area contributed by atoms with Crippen molar-refractivity contribution in [2.75, 3.05) is 18.0 Å². The highest BCUT2D eigenvalue weighted by atomic mass is 35.5. The predicted molar refractivity (Wildman–Crippen MR) is 161 cm³/mol. The van der Waals surface area contributed by atoms with Crippen molar-refractivity contribution in [1.29, 1.82) is 0 Å². The van der Waals surface area contributed by atoms with Crippen LogP contribution in [0.5, 0.6) is 5.75 Å². The molecule has 1 aliphatic carbocycles. The number of rotatable bonds is 11. The highest BCUT2D eigenvalue weighted by Crippen LogP contribution is 2.32. The summed E-state index contributed by atoms with van der Waals surface area (Å²) < 4.78 is 34.5. The van der Waals surface area contributed by atoms with Gasteiger partial charge in [-0.15, -0.1) is 0 Å². The van der Waals surface area contributed by atoms with Crippen molar-refractivity contribution < 1.29 is 22.7 Å². The van der Waals surface area contributed by atoms with E-state index in [2.05, 4.69) is 5.32 Å². The smallest absolute Gasteiger partial charge is 0.264 e. The number of amides is 2. The van der Waals surface area contributed by atoms with Crippen LogP contribution in [-0.2, 0) is 26.2 Å².